The number of carbonyl (C=O) groups excluding carboxylic acids is 1. The van der Waals surface area contributed by atoms with Crippen molar-refractivity contribution in [2.75, 3.05) is 18.0 Å². The highest BCUT2D eigenvalue weighted by Crippen LogP contribution is 2.22. The number of primary amides is 1. The minimum absolute atomic E-state index is 0.125. The maximum Gasteiger partial charge on any atom is 0.239 e. The van der Waals surface area contributed by atoms with Gasteiger partial charge in [0.05, 0.1) is 0 Å². The molecule has 2 atom stereocenters. The van der Waals surface area contributed by atoms with Crippen LogP contribution in [-0.4, -0.2) is 25.0 Å². The summed E-state index contributed by atoms with van der Waals surface area (Å²) in [6.07, 6.45) is 1.94. The van der Waals surface area contributed by atoms with Crippen LogP contribution in [0.3, 0.4) is 0 Å². The summed E-state index contributed by atoms with van der Waals surface area (Å²) in [4.78, 5) is 14.0. The van der Waals surface area contributed by atoms with E-state index >= 15 is 0 Å². The van der Waals surface area contributed by atoms with Crippen molar-refractivity contribution >= 4 is 11.6 Å². The first-order valence-corrected chi connectivity index (χ1v) is 8.24. The number of nitrogens with zero attached hydrogens (tertiary/aromatic N) is 1. The molecule has 2 aromatic rings. The zero-order valence-corrected chi connectivity index (χ0v) is 13.5. The van der Waals surface area contributed by atoms with Gasteiger partial charge in [0.1, 0.15) is 11.9 Å². The first kappa shape index (κ1) is 16.5. The summed E-state index contributed by atoms with van der Waals surface area (Å²) in [6, 6.07) is 15.7. The maximum atomic E-state index is 13.5. The Morgan fingerprint density at radius 3 is 2.71 bits per heavy atom. The fraction of sp³-hybridized carbons (Fsp3) is 0.316. The Balaban J connectivity index is 1.71. The minimum atomic E-state index is -0.511. The predicted octanol–water partition coefficient (Wildman–Crippen LogP) is 2.61. The Morgan fingerprint density at radius 1 is 1.21 bits per heavy atom. The molecule has 1 saturated heterocycles. The van der Waals surface area contributed by atoms with Crippen LogP contribution >= 0.6 is 0 Å². The van der Waals surface area contributed by atoms with E-state index in [1.807, 2.05) is 36.4 Å². The molecule has 0 radical (unpaired) electrons. The molecule has 2 aromatic carbocycles. The zero-order chi connectivity index (χ0) is 16.9. The van der Waals surface area contributed by atoms with Crippen molar-refractivity contribution in [3.63, 3.8) is 0 Å². The lowest BCUT2D eigenvalue weighted by atomic mass is 10.0. The number of benzene rings is 2. The van der Waals surface area contributed by atoms with Gasteiger partial charge in [-0.25, -0.2) is 4.39 Å². The predicted molar refractivity (Wildman–Crippen MR) is 93.1 cm³/mol. The molecule has 5 heteroatoms. The number of carbonyl (C=O) groups is 1. The highest BCUT2D eigenvalue weighted by molar-refractivity contribution is 5.81. The lowest BCUT2D eigenvalue weighted by Crippen LogP contribution is -2.49. The van der Waals surface area contributed by atoms with E-state index in [0.717, 1.165) is 37.2 Å². The maximum absolute atomic E-state index is 13.5. The molecule has 0 unspecified atom stereocenters. The van der Waals surface area contributed by atoms with E-state index < -0.39 is 6.04 Å². The largest absolute Gasteiger partial charge is 0.370 e. The van der Waals surface area contributed by atoms with Gasteiger partial charge in [0.15, 0.2) is 0 Å². The quantitative estimate of drug-likeness (QED) is 0.887. The van der Waals surface area contributed by atoms with Crippen LogP contribution in [0, 0.1) is 5.82 Å². The van der Waals surface area contributed by atoms with Gasteiger partial charge in [-0.05, 0) is 36.6 Å². The SMILES string of the molecule is NC(=O)[C@@H](N[C@@H]1CCCN(c2cccc(F)c2)C1)c1ccccc1. The number of anilines is 1. The monoisotopic (exact) mass is 327 g/mol. The Bertz CT molecular complexity index is 692. The third-order valence-corrected chi connectivity index (χ3v) is 4.41. The third kappa shape index (κ3) is 3.92. The second kappa shape index (κ2) is 7.45. The third-order valence-electron chi connectivity index (χ3n) is 4.41. The molecule has 1 aliphatic heterocycles. The van der Waals surface area contributed by atoms with Gasteiger partial charge < -0.3 is 10.6 Å². The van der Waals surface area contributed by atoms with Gasteiger partial charge in [-0.1, -0.05) is 36.4 Å². The van der Waals surface area contributed by atoms with Crippen LogP contribution in [0.25, 0.3) is 0 Å². The van der Waals surface area contributed by atoms with E-state index in [1.54, 1.807) is 12.1 Å². The highest BCUT2D eigenvalue weighted by Gasteiger charge is 2.26. The number of nitrogens with two attached hydrogens (primary N) is 1. The molecular weight excluding hydrogens is 305 g/mol. The van der Waals surface area contributed by atoms with Crippen molar-refractivity contribution in [3.05, 3.63) is 66.0 Å². The van der Waals surface area contributed by atoms with E-state index in [1.165, 1.54) is 6.07 Å². The molecule has 1 aliphatic rings. The molecule has 126 valence electrons. The molecule has 0 saturated carbocycles. The summed E-state index contributed by atoms with van der Waals surface area (Å²) in [5, 5.41) is 3.38. The Labute approximate surface area is 141 Å². The molecule has 0 bridgehead atoms. The molecule has 1 fully saturated rings. The van der Waals surface area contributed by atoms with Crippen LogP contribution in [0.4, 0.5) is 10.1 Å². The summed E-state index contributed by atoms with van der Waals surface area (Å²) in [6.45, 7) is 1.61. The van der Waals surface area contributed by atoms with Gasteiger partial charge in [0.2, 0.25) is 5.91 Å². The van der Waals surface area contributed by atoms with Crippen molar-refractivity contribution < 1.29 is 9.18 Å². The van der Waals surface area contributed by atoms with Crippen molar-refractivity contribution in [1.82, 2.24) is 5.32 Å². The molecule has 1 amide bonds. The number of nitrogens with one attached hydrogen (secondary N) is 1. The van der Waals surface area contributed by atoms with E-state index in [-0.39, 0.29) is 17.8 Å². The fourth-order valence-corrected chi connectivity index (χ4v) is 3.24. The van der Waals surface area contributed by atoms with E-state index in [4.69, 9.17) is 5.73 Å². The van der Waals surface area contributed by atoms with Crippen LogP contribution in [0.15, 0.2) is 54.6 Å². The molecule has 3 rings (SSSR count). The Kier molecular flexibility index (Phi) is 5.11. The van der Waals surface area contributed by atoms with Crippen LogP contribution in [0.2, 0.25) is 0 Å². The first-order valence-electron chi connectivity index (χ1n) is 8.24. The Morgan fingerprint density at radius 2 is 2.00 bits per heavy atom. The lowest BCUT2D eigenvalue weighted by molar-refractivity contribution is -0.120. The first-order chi connectivity index (χ1) is 11.6. The van der Waals surface area contributed by atoms with E-state index in [9.17, 15) is 9.18 Å². The number of halogens is 1. The topological polar surface area (TPSA) is 58.4 Å². The summed E-state index contributed by atoms with van der Waals surface area (Å²) in [5.74, 6) is -0.619. The zero-order valence-electron chi connectivity index (χ0n) is 13.5. The molecule has 0 aliphatic carbocycles. The Hall–Kier alpha value is -2.40. The summed E-state index contributed by atoms with van der Waals surface area (Å²) in [7, 11) is 0. The second-order valence-corrected chi connectivity index (χ2v) is 6.18. The average Bonchev–Trinajstić information content (AvgIpc) is 2.60. The van der Waals surface area contributed by atoms with Crippen LogP contribution in [0.5, 0.6) is 0 Å². The summed E-state index contributed by atoms with van der Waals surface area (Å²) < 4.78 is 13.5. The highest BCUT2D eigenvalue weighted by atomic mass is 19.1. The number of hydrogen-bond donors (Lipinski definition) is 2. The van der Waals surface area contributed by atoms with E-state index in [2.05, 4.69) is 10.2 Å². The second-order valence-electron chi connectivity index (χ2n) is 6.18. The van der Waals surface area contributed by atoms with Gasteiger partial charge in [-0.3, -0.25) is 10.1 Å². The summed E-state index contributed by atoms with van der Waals surface area (Å²) in [5.41, 5.74) is 7.33. The molecule has 0 spiro atoms. The number of amides is 1. The molecule has 3 N–H and O–H groups in total. The lowest BCUT2D eigenvalue weighted by Gasteiger charge is -2.36. The van der Waals surface area contributed by atoms with Crippen LogP contribution in [0.1, 0.15) is 24.4 Å². The minimum Gasteiger partial charge on any atom is -0.370 e. The standard InChI is InChI=1S/C19H22FN3O/c20-15-8-4-10-17(12-15)23-11-5-9-16(13-23)22-18(19(21)24)14-6-2-1-3-7-14/h1-4,6-8,10,12,16,18,22H,5,9,11,13H2,(H2,21,24)/t16-,18+/m1/s1. The van der Waals surface area contributed by atoms with Crippen molar-refractivity contribution in [3.8, 4) is 0 Å². The number of rotatable bonds is 5. The van der Waals surface area contributed by atoms with Crippen molar-refractivity contribution in [1.29, 1.82) is 0 Å². The van der Waals surface area contributed by atoms with Gasteiger partial charge in [-0.2, -0.15) is 0 Å². The summed E-state index contributed by atoms with van der Waals surface area (Å²) >= 11 is 0. The van der Waals surface area contributed by atoms with Crippen molar-refractivity contribution in [2.45, 2.75) is 24.9 Å². The number of hydrogen-bond acceptors (Lipinski definition) is 3. The van der Waals surface area contributed by atoms with Gasteiger partial charge in [-0.15, -0.1) is 0 Å². The van der Waals surface area contributed by atoms with Gasteiger partial charge in [0, 0.05) is 24.8 Å². The smallest absolute Gasteiger partial charge is 0.239 e. The normalized spacial score (nSPS) is 19.0. The van der Waals surface area contributed by atoms with Gasteiger partial charge >= 0.3 is 0 Å². The van der Waals surface area contributed by atoms with Gasteiger partial charge in [0.25, 0.3) is 0 Å². The molecule has 24 heavy (non-hydrogen) atoms. The van der Waals surface area contributed by atoms with Crippen LogP contribution < -0.4 is 16.0 Å². The fourth-order valence-electron chi connectivity index (χ4n) is 3.24. The molecule has 0 aromatic heterocycles. The van der Waals surface area contributed by atoms with Crippen molar-refractivity contribution in [2.24, 2.45) is 5.73 Å². The average molecular weight is 327 g/mol. The molecule has 4 nitrogen and oxygen atoms in total. The number of piperidine rings is 1. The van der Waals surface area contributed by atoms with E-state index in [0.29, 0.717) is 0 Å². The van der Waals surface area contributed by atoms with Crippen LogP contribution in [-0.2, 0) is 4.79 Å². The molecular formula is C19H22FN3O. The molecule has 1 heterocycles.